The highest BCUT2D eigenvalue weighted by Gasteiger charge is 2.41. The van der Waals surface area contributed by atoms with Crippen LogP contribution in [0.5, 0.6) is 11.8 Å². The molecule has 3 heterocycles. The van der Waals surface area contributed by atoms with Crippen LogP contribution < -0.4 is 4.90 Å². The first-order valence-corrected chi connectivity index (χ1v) is 14.9. The number of fused-ring (bicyclic) bond motifs is 3. The van der Waals surface area contributed by atoms with Gasteiger partial charge in [-0.3, -0.25) is 9.47 Å². The van der Waals surface area contributed by atoms with Crippen LogP contribution in [-0.4, -0.2) is 56.8 Å². The Kier molecular flexibility index (Phi) is 5.88. The van der Waals surface area contributed by atoms with Crippen LogP contribution in [0, 0.1) is 11.8 Å². The van der Waals surface area contributed by atoms with Crippen molar-refractivity contribution in [1.29, 1.82) is 0 Å². The molecule has 6 nitrogen and oxygen atoms in total. The summed E-state index contributed by atoms with van der Waals surface area (Å²) in [6, 6.07) is 8.57. The van der Waals surface area contributed by atoms with Crippen molar-refractivity contribution in [3.05, 3.63) is 35.4 Å². The van der Waals surface area contributed by atoms with Gasteiger partial charge in [-0.05, 0) is 85.9 Å². The smallest absolute Gasteiger partial charge is 0.197 e. The Bertz CT molecular complexity index is 1200. The Hall–Kier alpha value is -2.25. The number of aromatic hydroxyl groups is 2. The zero-order valence-corrected chi connectivity index (χ0v) is 21.9. The van der Waals surface area contributed by atoms with Crippen LogP contribution >= 0.6 is 11.5 Å². The van der Waals surface area contributed by atoms with E-state index < -0.39 is 0 Å². The number of aromatic nitrogens is 2. The Labute approximate surface area is 217 Å². The largest absolute Gasteiger partial charge is 0.494 e. The van der Waals surface area contributed by atoms with Crippen molar-refractivity contribution in [2.24, 2.45) is 11.8 Å². The second-order valence-electron chi connectivity index (χ2n) is 11.7. The zero-order valence-electron chi connectivity index (χ0n) is 21.1. The topological polar surface area (TPSA) is 64.8 Å². The first kappa shape index (κ1) is 22.9. The quantitative estimate of drug-likeness (QED) is 0.452. The van der Waals surface area contributed by atoms with E-state index in [9.17, 15) is 10.2 Å². The highest BCUT2D eigenvalue weighted by Crippen LogP contribution is 2.56. The molecule has 2 unspecified atom stereocenters. The molecule has 2 aromatic heterocycles. The van der Waals surface area contributed by atoms with Crippen LogP contribution in [0.2, 0.25) is 0 Å². The molecule has 5 aliphatic rings. The Balaban J connectivity index is 1.03. The van der Waals surface area contributed by atoms with E-state index in [0.29, 0.717) is 35.4 Å². The highest BCUT2D eigenvalue weighted by molar-refractivity contribution is 7.13. The van der Waals surface area contributed by atoms with Gasteiger partial charge in [0.15, 0.2) is 11.8 Å². The minimum Gasteiger partial charge on any atom is -0.494 e. The second-order valence-corrected chi connectivity index (χ2v) is 12.5. The lowest BCUT2D eigenvalue weighted by Crippen LogP contribution is -2.49. The van der Waals surface area contributed by atoms with Gasteiger partial charge in [0, 0.05) is 55.8 Å². The van der Waals surface area contributed by atoms with Crippen molar-refractivity contribution in [3.8, 4) is 11.8 Å². The summed E-state index contributed by atoms with van der Waals surface area (Å²) in [5.41, 5.74) is 2.18. The zero-order chi connectivity index (χ0) is 24.2. The van der Waals surface area contributed by atoms with Gasteiger partial charge >= 0.3 is 0 Å². The highest BCUT2D eigenvalue weighted by atomic mass is 32.1. The molecule has 36 heavy (non-hydrogen) atoms. The molecule has 0 spiro atoms. The molecule has 2 atom stereocenters. The van der Waals surface area contributed by atoms with Crippen LogP contribution in [0.15, 0.2) is 24.3 Å². The molecule has 1 aromatic carbocycles. The van der Waals surface area contributed by atoms with Crippen molar-refractivity contribution < 1.29 is 10.2 Å². The number of hydrogen-bond donors (Lipinski definition) is 2. The van der Waals surface area contributed by atoms with Gasteiger partial charge in [0.25, 0.3) is 0 Å². The van der Waals surface area contributed by atoms with Gasteiger partial charge in [-0.15, -0.1) is 0 Å². The van der Waals surface area contributed by atoms with Gasteiger partial charge in [-0.1, -0.05) is 25.0 Å². The van der Waals surface area contributed by atoms with Crippen LogP contribution in [-0.2, 0) is 6.54 Å². The van der Waals surface area contributed by atoms with Gasteiger partial charge in [-0.2, -0.15) is 4.37 Å². The molecular weight excluding hydrogens is 468 g/mol. The molecule has 8 rings (SSSR count). The van der Waals surface area contributed by atoms with Crippen LogP contribution in [0.4, 0.5) is 5.82 Å². The number of benzene rings is 1. The van der Waals surface area contributed by atoms with Crippen molar-refractivity contribution in [3.63, 3.8) is 0 Å². The Morgan fingerprint density at radius 3 is 2.06 bits per heavy atom. The monoisotopic (exact) mass is 506 g/mol. The summed E-state index contributed by atoms with van der Waals surface area (Å²) in [5.74, 6) is 3.96. The van der Waals surface area contributed by atoms with E-state index >= 15 is 0 Å². The van der Waals surface area contributed by atoms with E-state index in [1.54, 1.807) is 11.5 Å². The number of anilines is 1. The summed E-state index contributed by atoms with van der Waals surface area (Å²) >= 11 is 1.61. The standard InChI is InChI=1S/C29H38N4O2S/c34-28-25-19-9-10-20(12-11-19)26(25)29(35)33(28)18-22-6-2-1-5-21(22)17-31-13-15-32(16-14-31)27-23-7-3-4-8-24(23)36-30-27/h3-4,7-8,19-22,34-35H,1-2,5-6,9-18H2. The molecule has 0 radical (unpaired) electrons. The summed E-state index contributed by atoms with van der Waals surface area (Å²) in [4.78, 5) is 5.11. The molecule has 0 amide bonds. The van der Waals surface area contributed by atoms with Gasteiger partial charge in [0.05, 0.1) is 4.70 Å². The lowest BCUT2D eigenvalue weighted by molar-refractivity contribution is 0.130. The molecular formula is C29H38N4O2S. The average Bonchev–Trinajstić information content (AvgIpc) is 3.47. The third-order valence-electron chi connectivity index (χ3n) is 9.83. The normalized spacial score (nSPS) is 28.6. The predicted molar refractivity (Wildman–Crippen MR) is 145 cm³/mol. The van der Waals surface area contributed by atoms with E-state index in [4.69, 9.17) is 4.37 Å². The summed E-state index contributed by atoms with van der Waals surface area (Å²) in [6.07, 6.45) is 9.70. The molecule has 1 aliphatic heterocycles. The average molecular weight is 507 g/mol. The van der Waals surface area contributed by atoms with E-state index in [-0.39, 0.29) is 0 Å². The van der Waals surface area contributed by atoms with E-state index in [2.05, 4.69) is 34.1 Å². The maximum atomic E-state index is 11.2. The summed E-state index contributed by atoms with van der Waals surface area (Å²) in [6.45, 7) is 6.10. The van der Waals surface area contributed by atoms with Gasteiger partial charge in [0.2, 0.25) is 0 Å². The number of nitrogens with zero attached hydrogens (tertiary/aromatic N) is 4. The second kappa shape index (κ2) is 9.25. The molecule has 192 valence electrons. The molecule has 1 saturated heterocycles. The predicted octanol–water partition coefficient (Wildman–Crippen LogP) is 5.89. The minimum atomic E-state index is 0.380. The molecule has 2 saturated carbocycles. The molecule has 2 bridgehead atoms. The third-order valence-corrected chi connectivity index (χ3v) is 10.7. The van der Waals surface area contributed by atoms with Crippen molar-refractivity contribution in [1.82, 2.24) is 13.8 Å². The summed E-state index contributed by atoms with van der Waals surface area (Å²) < 4.78 is 7.94. The third kappa shape index (κ3) is 3.81. The van der Waals surface area contributed by atoms with Gasteiger partial charge in [-0.25, -0.2) is 0 Å². The van der Waals surface area contributed by atoms with Gasteiger partial charge in [0.1, 0.15) is 5.82 Å². The van der Waals surface area contributed by atoms with Crippen LogP contribution in [0.1, 0.15) is 74.3 Å². The first-order chi connectivity index (χ1) is 17.7. The molecule has 3 aromatic rings. The Morgan fingerprint density at radius 2 is 1.39 bits per heavy atom. The van der Waals surface area contributed by atoms with E-state index in [1.165, 1.54) is 61.5 Å². The molecule has 4 aliphatic carbocycles. The number of rotatable bonds is 5. The lowest BCUT2D eigenvalue weighted by atomic mass is 9.68. The van der Waals surface area contributed by atoms with Crippen LogP contribution in [0.25, 0.3) is 10.1 Å². The Morgan fingerprint density at radius 1 is 0.778 bits per heavy atom. The summed E-state index contributed by atoms with van der Waals surface area (Å²) in [7, 11) is 0. The van der Waals surface area contributed by atoms with E-state index in [0.717, 1.165) is 56.2 Å². The lowest BCUT2D eigenvalue weighted by Gasteiger charge is -2.40. The molecule has 3 fully saturated rings. The maximum absolute atomic E-state index is 11.2. The fraction of sp³-hybridized carbons (Fsp3) is 0.621. The number of hydrogen-bond acceptors (Lipinski definition) is 6. The fourth-order valence-corrected chi connectivity index (χ4v) is 8.65. The number of piperazine rings is 1. The summed E-state index contributed by atoms with van der Waals surface area (Å²) in [5, 5.41) is 23.7. The van der Waals surface area contributed by atoms with Crippen molar-refractivity contribution >= 4 is 27.4 Å². The SMILES string of the molecule is Oc1c2c(c(O)n1CC1CCCCC1CN1CCN(c3nsc4ccccc34)CC1)C1CCC2CC1. The molecule has 7 heteroatoms. The van der Waals surface area contributed by atoms with Gasteiger partial charge < -0.3 is 15.1 Å². The first-order valence-electron chi connectivity index (χ1n) is 14.1. The van der Waals surface area contributed by atoms with Crippen molar-refractivity contribution in [2.45, 2.75) is 69.7 Å². The maximum Gasteiger partial charge on any atom is 0.197 e. The van der Waals surface area contributed by atoms with E-state index in [1.807, 2.05) is 4.57 Å². The van der Waals surface area contributed by atoms with Crippen molar-refractivity contribution in [2.75, 3.05) is 37.6 Å². The fourth-order valence-electron chi connectivity index (χ4n) is 7.85. The van der Waals surface area contributed by atoms with Crippen LogP contribution in [0.3, 0.4) is 0 Å². The molecule has 2 N–H and O–H groups in total. The minimum absolute atomic E-state index is 0.380.